The van der Waals surface area contributed by atoms with Crippen molar-refractivity contribution >= 4 is 5.71 Å². The average Bonchev–Trinajstić information content (AvgIpc) is 2.40. The maximum atomic E-state index is 7.35. The summed E-state index contributed by atoms with van der Waals surface area (Å²) in [5, 5.41) is 7.35. The van der Waals surface area contributed by atoms with Crippen molar-refractivity contribution < 1.29 is 0 Å². The quantitative estimate of drug-likeness (QED) is 0.755. The van der Waals surface area contributed by atoms with Crippen LogP contribution in [0.5, 0.6) is 0 Å². The largest absolute Gasteiger partial charge is 0.306 e. The molecule has 0 atom stereocenters. The summed E-state index contributed by atoms with van der Waals surface area (Å²) in [6.45, 7) is 1.79. The maximum absolute atomic E-state index is 7.35. The molecule has 0 bridgehead atoms. The van der Waals surface area contributed by atoms with Gasteiger partial charge >= 0.3 is 0 Å². The molecule has 0 unspecified atom stereocenters. The van der Waals surface area contributed by atoms with Crippen molar-refractivity contribution in [3.8, 4) is 11.1 Å². The van der Waals surface area contributed by atoms with Crippen molar-refractivity contribution in [3.05, 3.63) is 72.3 Å². The van der Waals surface area contributed by atoms with Gasteiger partial charge < -0.3 is 5.41 Å². The lowest BCUT2D eigenvalue weighted by Crippen LogP contribution is -1.85. The fraction of sp³-hybridized carbons (Fsp3) is 0.118. The zero-order valence-electron chi connectivity index (χ0n) is 10.6. The highest BCUT2D eigenvalue weighted by molar-refractivity contribution is 5.89. The van der Waals surface area contributed by atoms with E-state index in [-0.39, 0.29) is 0 Å². The summed E-state index contributed by atoms with van der Waals surface area (Å²) >= 11 is 0. The Labute approximate surface area is 108 Å². The molecule has 2 rings (SSSR count). The van der Waals surface area contributed by atoms with Crippen LogP contribution in [0, 0.1) is 5.41 Å². The van der Waals surface area contributed by atoms with Crippen LogP contribution in [0.25, 0.3) is 11.1 Å². The highest BCUT2D eigenvalue weighted by Gasteiger charge is 1.97. The second-order valence-corrected chi connectivity index (χ2v) is 4.36. The van der Waals surface area contributed by atoms with Crippen LogP contribution in [0.15, 0.2) is 66.7 Å². The van der Waals surface area contributed by atoms with Gasteiger partial charge in [0.15, 0.2) is 0 Å². The molecule has 2 aromatic rings. The second kappa shape index (κ2) is 5.97. The Bertz CT molecular complexity index is 553. The van der Waals surface area contributed by atoms with Crippen LogP contribution in [0.3, 0.4) is 0 Å². The van der Waals surface area contributed by atoms with Gasteiger partial charge in [0.2, 0.25) is 0 Å². The van der Waals surface area contributed by atoms with Gasteiger partial charge in [0, 0.05) is 5.71 Å². The van der Waals surface area contributed by atoms with Crippen molar-refractivity contribution in [1.82, 2.24) is 0 Å². The first-order chi connectivity index (χ1) is 8.75. The van der Waals surface area contributed by atoms with E-state index in [1.807, 2.05) is 18.2 Å². The molecule has 2 aromatic carbocycles. The molecule has 18 heavy (non-hydrogen) atoms. The van der Waals surface area contributed by atoms with Gasteiger partial charge in [0.25, 0.3) is 0 Å². The highest BCUT2D eigenvalue weighted by Crippen LogP contribution is 2.20. The number of benzene rings is 2. The van der Waals surface area contributed by atoms with Gasteiger partial charge in [-0.15, -0.1) is 0 Å². The Morgan fingerprint density at radius 2 is 1.72 bits per heavy atom. The molecule has 1 N–H and O–H groups in total. The van der Waals surface area contributed by atoms with Crippen molar-refractivity contribution in [2.45, 2.75) is 13.3 Å². The summed E-state index contributed by atoms with van der Waals surface area (Å²) in [6, 6.07) is 18.9. The van der Waals surface area contributed by atoms with Crippen molar-refractivity contribution in [2.24, 2.45) is 0 Å². The molecule has 0 aliphatic heterocycles. The predicted octanol–water partition coefficient (Wildman–Crippen LogP) is 4.49. The van der Waals surface area contributed by atoms with E-state index in [9.17, 15) is 0 Å². The first kappa shape index (κ1) is 12.3. The molecule has 0 spiro atoms. The Morgan fingerprint density at radius 3 is 2.44 bits per heavy atom. The van der Waals surface area contributed by atoms with Gasteiger partial charge in [-0.3, -0.25) is 0 Å². The summed E-state index contributed by atoms with van der Waals surface area (Å²) in [5.74, 6) is 0. The number of hydrogen-bond acceptors (Lipinski definition) is 1. The van der Waals surface area contributed by atoms with E-state index in [2.05, 4.69) is 48.5 Å². The lowest BCUT2D eigenvalue weighted by Gasteiger charge is -2.03. The zero-order valence-corrected chi connectivity index (χ0v) is 10.6. The molecule has 0 heterocycles. The van der Waals surface area contributed by atoms with E-state index >= 15 is 0 Å². The van der Waals surface area contributed by atoms with E-state index in [0.717, 1.165) is 6.42 Å². The van der Waals surface area contributed by atoms with Gasteiger partial charge in [-0.05, 0) is 36.1 Å². The molecule has 0 amide bonds. The third-order valence-corrected chi connectivity index (χ3v) is 2.76. The summed E-state index contributed by atoms with van der Waals surface area (Å²) in [4.78, 5) is 0. The Hall–Kier alpha value is -2.15. The third-order valence-electron chi connectivity index (χ3n) is 2.76. The number of allylic oxidation sites excluding steroid dienone is 2. The normalized spacial score (nSPS) is 10.7. The van der Waals surface area contributed by atoms with Crippen LogP contribution in [0.4, 0.5) is 0 Å². The molecule has 0 saturated heterocycles. The second-order valence-electron chi connectivity index (χ2n) is 4.36. The Kier molecular flexibility index (Phi) is 4.08. The summed E-state index contributed by atoms with van der Waals surface area (Å²) in [7, 11) is 0. The molecule has 1 heteroatoms. The smallest absolute Gasteiger partial charge is 0.0279 e. The number of hydrogen-bond donors (Lipinski definition) is 1. The average molecular weight is 235 g/mol. The third kappa shape index (κ3) is 3.42. The van der Waals surface area contributed by atoms with Gasteiger partial charge in [0.1, 0.15) is 0 Å². The highest BCUT2D eigenvalue weighted by atomic mass is 14.4. The zero-order chi connectivity index (χ0) is 12.8. The molecule has 1 nitrogen and oxygen atoms in total. The van der Waals surface area contributed by atoms with E-state index in [1.165, 1.54) is 16.7 Å². The monoisotopic (exact) mass is 235 g/mol. The van der Waals surface area contributed by atoms with Gasteiger partial charge in [-0.1, -0.05) is 60.7 Å². The fourth-order valence-corrected chi connectivity index (χ4v) is 1.88. The van der Waals surface area contributed by atoms with Crippen molar-refractivity contribution in [3.63, 3.8) is 0 Å². The molecular formula is C17H17N. The lowest BCUT2D eigenvalue weighted by atomic mass is 10.0. The predicted molar refractivity (Wildman–Crippen MR) is 78.1 cm³/mol. The summed E-state index contributed by atoms with van der Waals surface area (Å²) in [5.41, 5.74) is 4.35. The van der Waals surface area contributed by atoms with Gasteiger partial charge in [-0.25, -0.2) is 0 Å². The molecule has 0 aliphatic rings. The van der Waals surface area contributed by atoms with Crippen LogP contribution in [-0.2, 0) is 6.42 Å². The fourth-order valence-electron chi connectivity index (χ4n) is 1.88. The van der Waals surface area contributed by atoms with E-state index in [0.29, 0.717) is 5.71 Å². The first-order valence-electron chi connectivity index (χ1n) is 6.12. The molecule has 0 aliphatic carbocycles. The minimum absolute atomic E-state index is 0.592. The van der Waals surface area contributed by atoms with E-state index in [1.54, 1.807) is 6.92 Å². The van der Waals surface area contributed by atoms with Crippen LogP contribution in [-0.4, -0.2) is 5.71 Å². The standard InChI is InChI=1S/C17H17N/c1-14(18)7-5-8-15-9-6-12-17(13-15)16-10-3-2-4-11-16/h2-7,9-13,18H,8H2,1H3/b7-5-,18-14?. The van der Waals surface area contributed by atoms with Crippen molar-refractivity contribution in [2.75, 3.05) is 0 Å². The Balaban J connectivity index is 2.18. The molecule has 0 saturated carbocycles. The maximum Gasteiger partial charge on any atom is 0.0279 e. The molecule has 0 aromatic heterocycles. The lowest BCUT2D eigenvalue weighted by molar-refractivity contribution is 1.27. The minimum Gasteiger partial charge on any atom is -0.306 e. The SMILES string of the molecule is CC(=N)/C=C\Cc1cccc(-c2ccccc2)c1. The molecule has 0 radical (unpaired) electrons. The summed E-state index contributed by atoms with van der Waals surface area (Å²) < 4.78 is 0. The van der Waals surface area contributed by atoms with Crippen LogP contribution in [0.1, 0.15) is 12.5 Å². The minimum atomic E-state index is 0.592. The van der Waals surface area contributed by atoms with Crippen LogP contribution >= 0.6 is 0 Å². The number of rotatable bonds is 4. The molecular weight excluding hydrogens is 218 g/mol. The number of nitrogens with one attached hydrogen (secondary N) is 1. The van der Waals surface area contributed by atoms with Gasteiger partial charge in [0.05, 0.1) is 0 Å². The van der Waals surface area contributed by atoms with Crippen LogP contribution < -0.4 is 0 Å². The topological polar surface area (TPSA) is 23.9 Å². The van der Waals surface area contributed by atoms with Gasteiger partial charge in [-0.2, -0.15) is 0 Å². The first-order valence-corrected chi connectivity index (χ1v) is 6.12. The van der Waals surface area contributed by atoms with E-state index < -0.39 is 0 Å². The Morgan fingerprint density at radius 1 is 1.00 bits per heavy atom. The van der Waals surface area contributed by atoms with Crippen molar-refractivity contribution in [1.29, 1.82) is 5.41 Å². The molecule has 0 fully saturated rings. The van der Waals surface area contributed by atoms with E-state index in [4.69, 9.17) is 5.41 Å². The van der Waals surface area contributed by atoms with Crippen LogP contribution in [0.2, 0.25) is 0 Å². The molecule has 90 valence electrons. The summed E-state index contributed by atoms with van der Waals surface area (Å²) in [6.07, 6.45) is 4.75.